The summed E-state index contributed by atoms with van der Waals surface area (Å²) in [6.45, 7) is 5.00. The molecule has 2 aromatic rings. The van der Waals surface area contributed by atoms with E-state index in [1.807, 2.05) is 4.90 Å². The summed E-state index contributed by atoms with van der Waals surface area (Å²) in [6, 6.07) is 6.53. The van der Waals surface area contributed by atoms with Gasteiger partial charge in [0.2, 0.25) is 0 Å². The lowest BCUT2D eigenvalue weighted by Gasteiger charge is -2.38. The molecule has 1 atom stereocenters. The van der Waals surface area contributed by atoms with Gasteiger partial charge in [-0.3, -0.25) is 4.79 Å². The van der Waals surface area contributed by atoms with Gasteiger partial charge in [-0.15, -0.1) is 5.10 Å². The van der Waals surface area contributed by atoms with Crippen LogP contribution in [0.1, 0.15) is 41.9 Å². The third-order valence-corrected chi connectivity index (χ3v) is 5.99. The molecule has 0 saturated carbocycles. The second-order valence-electron chi connectivity index (χ2n) is 8.01. The Morgan fingerprint density at radius 1 is 1.28 bits per heavy atom. The van der Waals surface area contributed by atoms with Crippen LogP contribution >= 0.6 is 0 Å². The highest BCUT2D eigenvalue weighted by molar-refractivity contribution is 5.93. The molecule has 156 valence electrons. The molecule has 2 aliphatic rings. The first-order valence-electron chi connectivity index (χ1n) is 10.3. The van der Waals surface area contributed by atoms with Crippen molar-refractivity contribution in [1.29, 1.82) is 0 Å². The Morgan fingerprint density at radius 3 is 2.72 bits per heavy atom. The van der Waals surface area contributed by atoms with Crippen LogP contribution in [0.25, 0.3) is 5.69 Å². The summed E-state index contributed by atoms with van der Waals surface area (Å²) < 4.78 is 21.4. The number of benzene rings is 1. The molecule has 0 unspecified atom stereocenters. The van der Waals surface area contributed by atoms with Crippen molar-refractivity contribution < 1.29 is 13.9 Å². The summed E-state index contributed by atoms with van der Waals surface area (Å²) in [6.07, 6.45) is 3.92. The van der Waals surface area contributed by atoms with Crippen molar-refractivity contribution in [3.05, 3.63) is 41.5 Å². The Hall–Kier alpha value is -2.32. The number of rotatable bonds is 5. The number of ether oxygens (including phenoxy) is 1. The quantitative estimate of drug-likeness (QED) is 0.770. The van der Waals surface area contributed by atoms with Crippen molar-refractivity contribution in [2.24, 2.45) is 0 Å². The summed E-state index contributed by atoms with van der Waals surface area (Å²) in [4.78, 5) is 17.7. The third kappa shape index (κ3) is 4.18. The van der Waals surface area contributed by atoms with Gasteiger partial charge in [-0.25, -0.2) is 9.07 Å². The van der Waals surface area contributed by atoms with Gasteiger partial charge < -0.3 is 14.5 Å². The predicted octanol–water partition coefficient (Wildman–Crippen LogP) is 2.43. The fourth-order valence-electron chi connectivity index (χ4n) is 4.23. The molecule has 0 radical (unpaired) electrons. The standard InChI is InChI=1S/C21H28FN5O2/c1-15-20(23-24-27(15)19-8-4-3-7-18(19)22)21(28)26(14-17-6-5-13-29-17)16-9-11-25(2)12-10-16/h3-4,7-8,16-17H,5-6,9-14H2,1-2H3/t17-/m0/s1. The molecule has 8 heteroatoms. The minimum atomic E-state index is -0.397. The number of nitrogens with zero attached hydrogens (tertiary/aromatic N) is 5. The van der Waals surface area contributed by atoms with E-state index >= 15 is 0 Å². The number of carbonyl (C=O) groups excluding carboxylic acids is 1. The summed E-state index contributed by atoms with van der Waals surface area (Å²) in [5.41, 5.74) is 1.12. The van der Waals surface area contributed by atoms with Gasteiger partial charge in [0, 0.05) is 19.2 Å². The van der Waals surface area contributed by atoms with E-state index in [0.717, 1.165) is 45.4 Å². The predicted molar refractivity (Wildman–Crippen MR) is 107 cm³/mol. The maximum absolute atomic E-state index is 14.2. The molecule has 3 heterocycles. The Kier molecular flexibility index (Phi) is 5.91. The summed E-state index contributed by atoms with van der Waals surface area (Å²) >= 11 is 0. The average Bonchev–Trinajstić information content (AvgIpc) is 3.37. The second kappa shape index (κ2) is 8.59. The number of likely N-dealkylation sites (tertiary alicyclic amines) is 1. The number of para-hydroxylation sites is 1. The number of aromatic nitrogens is 3. The summed E-state index contributed by atoms with van der Waals surface area (Å²) in [5.74, 6) is -0.541. The number of hydrogen-bond acceptors (Lipinski definition) is 5. The first-order chi connectivity index (χ1) is 14.0. The molecule has 1 aromatic carbocycles. The van der Waals surface area contributed by atoms with Gasteiger partial charge in [-0.2, -0.15) is 0 Å². The SMILES string of the molecule is Cc1c(C(=O)N(C[C@@H]2CCCO2)C2CCN(C)CC2)nnn1-c1ccccc1F. The zero-order chi connectivity index (χ0) is 20.4. The topological polar surface area (TPSA) is 63.5 Å². The molecule has 0 aliphatic carbocycles. The Morgan fingerprint density at radius 2 is 2.03 bits per heavy atom. The molecule has 0 bridgehead atoms. The lowest BCUT2D eigenvalue weighted by atomic mass is 10.0. The van der Waals surface area contributed by atoms with E-state index < -0.39 is 5.82 Å². The van der Waals surface area contributed by atoms with E-state index in [2.05, 4.69) is 22.3 Å². The summed E-state index contributed by atoms with van der Waals surface area (Å²) in [5, 5.41) is 8.22. The highest BCUT2D eigenvalue weighted by Crippen LogP contribution is 2.23. The Labute approximate surface area is 170 Å². The molecule has 29 heavy (non-hydrogen) atoms. The Balaban J connectivity index is 1.61. The van der Waals surface area contributed by atoms with Gasteiger partial charge in [0.05, 0.1) is 11.8 Å². The van der Waals surface area contributed by atoms with Crippen LogP contribution < -0.4 is 0 Å². The van der Waals surface area contributed by atoms with E-state index in [1.54, 1.807) is 25.1 Å². The molecule has 2 saturated heterocycles. The van der Waals surface area contributed by atoms with Gasteiger partial charge in [-0.05, 0) is 64.9 Å². The lowest BCUT2D eigenvalue weighted by molar-refractivity contribution is 0.0315. The minimum absolute atomic E-state index is 0.0699. The molecular formula is C21H28FN5O2. The zero-order valence-corrected chi connectivity index (χ0v) is 17.1. The summed E-state index contributed by atoms with van der Waals surface area (Å²) in [7, 11) is 2.10. The third-order valence-electron chi connectivity index (χ3n) is 5.99. The average molecular weight is 401 g/mol. The van der Waals surface area contributed by atoms with Crippen LogP contribution in [0.3, 0.4) is 0 Å². The van der Waals surface area contributed by atoms with Crippen LogP contribution in [0.2, 0.25) is 0 Å². The largest absolute Gasteiger partial charge is 0.376 e. The van der Waals surface area contributed by atoms with E-state index in [1.165, 1.54) is 10.7 Å². The van der Waals surface area contributed by atoms with Crippen LogP contribution in [0, 0.1) is 12.7 Å². The van der Waals surface area contributed by atoms with Crippen molar-refractivity contribution >= 4 is 5.91 Å². The molecule has 2 fully saturated rings. The lowest BCUT2D eigenvalue weighted by Crippen LogP contribution is -2.49. The smallest absolute Gasteiger partial charge is 0.276 e. The maximum atomic E-state index is 14.2. The number of hydrogen-bond donors (Lipinski definition) is 0. The van der Waals surface area contributed by atoms with E-state index in [-0.39, 0.29) is 23.7 Å². The molecular weight excluding hydrogens is 373 g/mol. The van der Waals surface area contributed by atoms with Crippen molar-refractivity contribution in [3.63, 3.8) is 0 Å². The van der Waals surface area contributed by atoms with Crippen LogP contribution in [-0.4, -0.2) is 76.1 Å². The molecule has 0 N–H and O–H groups in total. The van der Waals surface area contributed by atoms with Gasteiger partial charge in [0.25, 0.3) is 5.91 Å². The number of piperidine rings is 1. The van der Waals surface area contributed by atoms with Gasteiger partial charge >= 0.3 is 0 Å². The highest BCUT2D eigenvalue weighted by atomic mass is 19.1. The Bertz CT molecular complexity index is 857. The normalized spacial score (nSPS) is 20.9. The molecule has 1 amide bonds. The molecule has 1 aromatic heterocycles. The maximum Gasteiger partial charge on any atom is 0.276 e. The van der Waals surface area contributed by atoms with Crippen molar-refractivity contribution in [1.82, 2.24) is 24.8 Å². The van der Waals surface area contributed by atoms with E-state index in [9.17, 15) is 9.18 Å². The van der Waals surface area contributed by atoms with E-state index in [0.29, 0.717) is 17.9 Å². The first kappa shape index (κ1) is 20.0. The highest BCUT2D eigenvalue weighted by Gasteiger charge is 2.33. The minimum Gasteiger partial charge on any atom is -0.376 e. The number of amides is 1. The van der Waals surface area contributed by atoms with Crippen LogP contribution in [-0.2, 0) is 4.74 Å². The van der Waals surface area contributed by atoms with Gasteiger partial charge in [-0.1, -0.05) is 17.3 Å². The van der Waals surface area contributed by atoms with Gasteiger partial charge in [0.1, 0.15) is 11.5 Å². The monoisotopic (exact) mass is 401 g/mol. The van der Waals surface area contributed by atoms with Crippen molar-refractivity contribution in [3.8, 4) is 5.69 Å². The number of halogens is 1. The van der Waals surface area contributed by atoms with Crippen LogP contribution in [0.5, 0.6) is 0 Å². The number of carbonyl (C=O) groups is 1. The molecule has 4 rings (SSSR count). The molecule has 0 spiro atoms. The second-order valence-corrected chi connectivity index (χ2v) is 8.01. The molecule has 2 aliphatic heterocycles. The fraction of sp³-hybridized carbons (Fsp3) is 0.571. The van der Waals surface area contributed by atoms with E-state index in [4.69, 9.17) is 4.74 Å². The van der Waals surface area contributed by atoms with Crippen LogP contribution in [0.4, 0.5) is 4.39 Å². The first-order valence-corrected chi connectivity index (χ1v) is 10.3. The van der Waals surface area contributed by atoms with Crippen molar-refractivity contribution in [2.75, 3.05) is 33.3 Å². The molecule has 7 nitrogen and oxygen atoms in total. The van der Waals surface area contributed by atoms with Crippen molar-refractivity contribution in [2.45, 2.75) is 44.8 Å². The van der Waals surface area contributed by atoms with Gasteiger partial charge in [0.15, 0.2) is 5.69 Å². The fourth-order valence-corrected chi connectivity index (χ4v) is 4.23. The van der Waals surface area contributed by atoms with Crippen LogP contribution in [0.15, 0.2) is 24.3 Å². The zero-order valence-electron chi connectivity index (χ0n) is 17.1.